The molecule has 0 unspecified atom stereocenters. The molecule has 0 bridgehead atoms. The molecule has 0 saturated heterocycles. The Morgan fingerprint density at radius 3 is 2.12 bits per heavy atom. The highest BCUT2D eigenvalue weighted by Gasteiger charge is 2.09. The van der Waals surface area contributed by atoms with Gasteiger partial charge in [-0.15, -0.1) is 0 Å². The molecule has 0 aliphatic carbocycles. The van der Waals surface area contributed by atoms with Crippen LogP contribution in [0.3, 0.4) is 0 Å². The molecule has 0 spiro atoms. The lowest BCUT2D eigenvalue weighted by atomic mass is 9.97. The molecule has 1 heterocycles. The van der Waals surface area contributed by atoms with Gasteiger partial charge < -0.3 is 0 Å². The van der Waals surface area contributed by atoms with E-state index in [1.165, 1.54) is 33.3 Å². The monoisotopic (exact) mass is 337 g/mol. The highest BCUT2D eigenvalue weighted by Crippen LogP contribution is 2.22. The van der Waals surface area contributed by atoms with Gasteiger partial charge in [-0.05, 0) is 60.6 Å². The summed E-state index contributed by atoms with van der Waals surface area (Å²) in [5.41, 5.74) is 7.62. The second-order valence-corrected chi connectivity index (χ2v) is 6.94. The van der Waals surface area contributed by atoms with E-state index < -0.39 is 0 Å². The smallest absolute Gasteiger partial charge is 0.0708 e. The minimum atomic E-state index is 0.932. The number of hydrogen-bond acceptors (Lipinski definition) is 1. The van der Waals surface area contributed by atoms with Crippen LogP contribution in [0, 0.1) is 6.92 Å². The number of benzene rings is 3. The van der Waals surface area contributed by atoms with Crippen molar-refractivity contribution in [3.63, 3.8) is 0 Å². The molecule has 0 saturated carbocycles. The van der Waals surface area contributed by atoms with Gasteiger partial charge in [0.05, 0.1) is 5.52 Å². The SMILES string of the molecule is Cc1ccc2cc(Cc3ccccc3)c(CCc3ccccc3)nc2c1. The molecule has 128 valence electrons. The summed E-state index contributed by atoms with van der Waals surface area (Å²) < 4.78 is 0. The van der Waals surface area contributed by atoms with Gasteiger partial charge in [0.15, 0.2) is 0 Å². The first-order chi connectivity index (χ1) is 12.8. The molecule has 0 fully saturated rings. The van der Waals surface area contributed by atoms with E-state index in [0.29, 0.717) is 0 Å². The fourth-order valence-corrected chi connectivity index (χ4v) is 3.45. The molecule has 0 atom stereocenters. The van der Waals surface area contributed by atoms with E-state index in [2.05, 4.69) is 91.9 Å². The molecule has 4 rings (SSSR count). The Balaban J connectivity index is 1.70. The zero-order valence-corrected chi connectivity index (χ0v) is 15.2. The topological polar surface area (TPSA) is 12.9 Å². The summed E-state index contributed by atoms with van der Waals surface area (Å²) in [5.74, 6) is 0. The summed E-state index contributed by atoms with van der Waals surface area (Å²) in [6, 6.07) is 30.2. The van der Waals surface area contributed by atoms with E-state index in [4.69, 9.17) is 4.98 Å². The van der Waals surface area contributed by atoms with Gasteiger partial charge in [0.25, 0.3) is 0 Å². The number of aromatic nitrogens is 1. The van der Waals surface area contributed by atoms with Crippen molar-refractivity contribution in [2.75, 3.05) is 0 Å². The van der Waals surface area contributed by atoms with Gasteiger partial charge in [-0.3, -0.25) is 4.98 Å². The first-order valence-corrected chi connectivity index (χ1v) is 9.25. The van der Waals surface area contributed by atoms with Crippen LogP contribution >= 0.6 is 0 Å². The summed E-state index contributed by atoms with van der Waals surface area (Å²) in [4.78, 5) is 5.05. The minimum absolute atomic E-state index is 0.932. The van der Waals surface area contributed by atoms with Crippen molar-refractivity contribution in [2.24, 2.45) is 0 Å². The van der Waals surface area contributed by atoms with Gasteiger partial charge in [-0.25, -0.2) is 0 Å². The number of aryl methyl sites for hydroxylation is 3. The summed E-state index contributed by atoms with van der Waals surface area (Å²) in [6.07, 6.45) is 2.92. The van der Waals surface area contributed by atoms with E-state index in [0.717, 1.165) is 24.8 Å². The lowest BCUT2D eigenvalue weighted by Gasteiger charge is -2.12. The molecule has 0 radical (unpaired) electrons. The van der Waals surface area contributed by atoms with Crippen molar-refractivity contribution in [3.05, 3.63) is 113 Å². The van der Waals surface area contributed by atoms with Crippen LogP contribution in [0.15, 0.2) is 84.9 Å². The number of pyridine rings is 1. The Kier molecular flexibility index (Phi) is 4.79. The van der Waals surface area contributed by atoms with Crippen LogP contribution in [0.2, 0.25) is 0 Å². The molecule has 3 aromatic carbocycles. The third kappa shape index (κ3) is 3.83. The standard InChI is InChI=1S/C25H23N/c1-19-12-14-22-18-23(17-21-10-6-3-7-11-21)24(26-25(22)16-19)15-13-20-8-4-2-5-9-20/h2-12,14,16,18H,13,15,17H2,1H3. The second-order valence-electron chi connectivity index (χ2n) is 6.94. The van der Waals surface area contributed by atoms with Crippen LogP contribution in [0.25, 0.3) is 10.9 Å². The highest BCUT2D eigenvalue weighted by atomic mass is 14.7. The van der Waals surface area contributed by atoms with Gasteiger partial charge in [-0.2, -0.15) is 0 Å². The zero-order chi connectivity index (χ0) is 17.8. The highest BCUT2D eigenvalue weighted by molar-refractivity contribution is 5.80. The fraction of sp³-hybridized carbons (Fsp3) is 0.160. The molecule has 4 aromatic rings. The van der Waals surface area contributed by atoms with Crippen LogP contribution in [0.5, 0.6) is 0 Å². The predicted octanol–water partition coefficient (Wildman–Crippen LogP) is 5.92. The van der Waals surface area contributed by atoms with Gasteiger partial charge in [0.2, 0.25) is 0 Å². The Morgan fingerprint density at radius 1 is 0.692 bits per heavy atom. The van der Waals surface area contributed by atoms with Gasteiger partial charge in [0, 0.05) is 11.1 Å². The van der Waals surface area contributed by atoms with Crippen molar-refractivity contribution in [3.8, 4) is 0 Å². The Labute approximate surface area is 155 Å². The molecule has 1 aromatic heterocycles. The maximum absolute atomic E-state index is 5.05. The van der Waals surface area contributed by atoms with Gasteiger partial charge in [0.1, 0.15) is 0 Å². The Hall–Kier alpha value is -2.93. The average molecular weight is 337 g/mol. The lowest BCUT2D eigenvalue weighted by molar-refractivity contribution is 0.898. The van der Waals surface area contributed by atoms with Gasteiger partial charge in [-0.1, -0.05) is 72.8 Å². The quantitative estimate of drug-likeness (QED) is 0.440. The third-order valence-corrected chi connectivity index (χ3v) is 4.87. The molecule has 0 aliphatic heterocycles. The van der Waals surface area contributed by atoms with E-state index >= 15 is 0 Å². The van der Waals surface area contributed by atoms with E-state index in [1.807, 2.05) is 0 Å². The molecule has 26 heavy (non-hydrogen) atoms. The molecule has 1 nitrogen and oxygen atoms in total. The summed E-state index contributed by atoms with van der Waals surface area (Å²) in [6.45, 7) is 2.13. The fourth-order valence-electron chi connectivity index (χ4n) is 3.45. The second kappa shape index (κ2) is 7.53. The molecular formula is C25H23N. The van der Waals surface area contributed by atoms with Crippen LogP contribution in [-0.2, 0) is 19.3 Å². The van der Waals surface area contributed by atoms with Crippen molar-refractivity contribution < 1.29 is 0 Å². The molecular weight excluding hydrogens is 314 g/mol. The normalized spacial score (nSPS) is 11.0. The number of fused-ring (bicyclic) bond motifs is 1. The molecule has 0 aliphatic rings. The van der Waals surface area contributed by atoms with Crippen molar-refractivity contribution in [1.82, 2.24) is 4.98 Å². The third-order valence-electron chi connectivity index (χ3n) is 4.87. The van der Waals surface area contributed by atoms with Crippen LogP contribution < -0.4 is 0 Å². The van der Waals surface area contributed by atoms with Crippen molar-refractivity contribution in [1.29, 1.82) is 0 Å². The molecule has 0 N–H and O–H groups in total. The van der Waals surface area contributed by atoms with E-state index in [-0.39, 0.29) is 0 Å². The van der Waals surface area contributed by atoms with Crippen LogP contribution in [0.4, 0.5) is 0 Å². The first-order valence-electron chi connectivity index (χ1n) is 9.25. The van der Waals surface area contributed by atoms with Crippen molar-refractivity contribution >= 4 is 10.9 Å². The summed E-state index contributed by atoms with van der Waals surface area (Å²) >= 11 is 0. The largest absolute Gasteiger partial charge is 0.253 e. The number of hydrogen-bond donors (Lipinski definition) is 0. The Bertz CT molecular complexity index is 1000. The zero-order valence-electron chi connectivity index (χ0n) is 15.2. The van der Waals surface area contributed by atoms with Crippen molar-refractivity contribution in [2.45, 2.75) is 26.2 Å². The van der Waals surface area contributed by atoms with E-state index in [1.54, 1.807) is 0 Å². The van der Waals surface area contributed by atoms with Crippen LogP contribution in [-0.4, -0.2) is 4.98 Å². The maximum atomic E-state index is 5.05. The minimum Gasteiger partial charge on any atom is -0.253 e. The maximum Gasteiger partial charge on any atom is 0.0708 e. The summed E-state index contributed by atoms with van der Waals surface area (Å²) in [7, 11) is 0. The molecule has 1 heteroatoms. The lowest BCUT2D eigenvalue weighted by Crippen LogP contribution is -2.02. The van der Waals surface area contributed by atoms with E-state index in [9.17, 15) is 0 Å². The summed E-state index contributed by atoms with van der Waals surface area (Å²) in [5, 5.41) is 1.23. The number of nitrogens with zero attached hydrogens (tertiary/aromatic N) is 1. The first kappa shape index (κ1) is 16.5. The average Bonchev–Trinajstić information content (AvgIpc) is 2.68. The van der Waals surface area contributed by atoms with Crippen LogP contribution in [0.1, 0.15) is 27.9 Å². The van der Waals surface area contributed by atoms with Gasteiger partial charge >= 0.3 is 0 Å². The Morgan fingerprint density at radius 2 is 1.38 bits per heavy atom. The number of rotatable bonds is 5. The molecule has 0 amide bonds. The predicted molar refractivity (Wildman–Crippen MR) is 110 cm³/mol.